The van der Waals surface area contributed by atoms with Crippen molar-refractivity contribution in [2.24, 2.45) is 5.84 Å². The largest absolute Gasteiger partial charge is 0.271 e. The number of hydrogen-bond donors (Lipinski definition) is 2. The molecule has 0 saturated carbocycles. The van der Waals surface area contributed by atoms with E-state index in [4.69, 9.17) is 5.84 Å². The highest BCUT2D eigenvalue weighted by Gasteiger charge is 2.10. The quantitative estimate of drug-likeness (QED) is 0.615. The number of aryl methyl sites for hydroxylation is 1. The Morgan fingerprint density at radius 1 is 1.29 bits per heavy atom. The van der Waals surface area contributed by atoms with E-state index in [-0.39, 0.29) is 6.04 Å². The molecule has 0 saturated heterocycles. The van der Waals surface area contributed by atoms with E-state index in [1.807, 2.05) is 6.07 Å². The molecule has 88 valence electrons. The topological polar surface area (TPSA) is 63.8 Å². The fourth-order valence-electron chi connectivity index (χ4n) is 1.85. The van der Waals surface area contributed by atoms with Gasteiger partial charge in [-0.3, -0.25) is 11.3 Å². The first-order valence-corrected chi connectivity index (χ1v) is 5.58. The van der Waals surface area contributed by atoms with Crippen molar-refractivity contribution in [3.8, 4) is 0 Å². The lowest BCUT2D eigenvalue weighted by Crippen LogP contribution is -2.29. The van der Waals surface area contributed by atoms with Crippen LogP contribution < -0.4 is 11.3 Å². The summed E-state index contributed by atoms with van der Waals surface area (Å²) < 4.78 is 0. The molecule has 1 aromatic carbocycles. The Balaban J connectivity index is 2.16. The van der Waals surface area contributed by atoms with Crippen molar-refractivity contribution in [1.82, 2.24) is 15.6 Å². The Bertz CT molecular complexity index is 470. The zero-order chi connectivity index (χ0) is 12.1. The van der Waals surface area contributed by atoms with Gasteiger partial charge in [-0.05, 0) is 30.5 Å². The summed E-state index contributed by atoms with van der Waals surface area (Å²) in [5, 5.41) is 7.63. The van der Waals surface area contributed by atoms with Crippen molar-refractivity contribution in [2.45, 2.75) is 19.4 Å². The number of hydrazine groups is 1. The number of nitrogens with zero attached hydrogens (tertiary/aromatic N) is 2. The third-order valence-corrected chi connectivity index (χ3v) is 2.73. The highest BCUT2D eigenvalue weighted by molar-refractivity contribution is 5.25. The van der Waals surface area contributed by atoms with Gasteiger partial charge in [0, 0.05) is 6.20 Å². The van der Waals surface area contributed by atoms with Gasteiger partial charge in [0.2, 0.25) is 0 Å². The van der Waals surface area contributed by atoms with Crippen LogP contribution in [0.2, 0.25) is 0 Å². The minimum atomic E-state index is 0.0623. The van der Waals surface area contributed by atoms with Gasteiger partial charge in [-0.25, -0.2) is 0 Å². The van der Waals surface area contributed by atoms with Gasteiger partial charge < -0.3 is 0 Å². The molecule has 0 radical (unpaired) electrons. The van der Waals surface area contributed by atoms with Gasteiger partial charge in [-0.15, -0.1) is 0 Å². The summed E-state index contributed by atoms with van der Waals surface area (Å²) in [6.07, 6.45) is 4.25. The average Bonchev–Trinajstić information content (AvgIpc) is 2.37. The van der Waals surface area contributed by atoms with E-state index in [2.05, 4.69) is 46.8 Å². The third kappa shape index (κ3) is 3.09. The summed E-state index contributed by atoms with van der Waals surface area (Å²) in [5.74, 6) is 5.59. The van der Waals surface area contributed by atoms with Crippen molar-refractivity contribution >= 4 is 0 Å². The van der Waals surface area contributed by atoms with Crippen LogP contribution in [0, 0.1) is 6.92 Å². The molecule has 1 unspecified atom stereocenters. The van der Waals surface area contributed by atoms with Crippen LogP contribution in [-0.4, -0.2) is 10.2 Å². The van der Waals surface area contributed by atoms with Crippen LogP contribution in [0.25, 0.3) is 0 Å². The van der Waals surface area contributed by atoms with Gasteiger partial charge in [-0.2, -0.15) is 10.2 Å². The summed E-state index contributed by atoms with van der Waals surface area (Å²) in [4.78, 5) is 0. The fourth-order valence-corrected chi connectivity index (χ4v) is 1.85. The van der Waals surface area contributed by atoms with E-state index in [0.29, 0.717) is 0 Å². The molecule has 0 aliphatic carbocycles. The normalized spacial score (nSPS) is 12.4. The molecule has 1 aromatic heterocycles. The lowest BCUT2D eigenvalue weighted by atomic mass is 10.00. The first kappa shape index (κ1) is 11.7. The number of nitrogens with two attached hydrogens (primary N) is 1. The molecule has 1 atom stereocenters. The first-order chi connectivity index (χ1) is 8.29. The second-order valence-corrected chi connectivity index (χ2v) is 4.09. The Labute approximate surface area is 101 Å². The van der Waals surface area contributed by atoms with Crippen molar-refractivity contribution < 1.29 is 0 Å². The maximum atomic E-state index is 5.59. The van der Waals surface area contributed by atoms with Gasteiger partial charge in [0.25, 0.3) is 0 Å². The molecule has 1 heterocycles. The Kier molecular flexibility index (Phi) is 3.80. The van der Waals surface area contributed by atoms with Crippen LogP contribution in [0.4, 0.5) is 0 Å². The van der Waals surface area contributed by atoms with Crippen molar-refractivity contribution in [1.29, 1.82) is 0 Å². The van der Waals surface area contributed by atoms with Crippen molar-refractivity contribution in [3.63, 3.8) is 0 Å². The molecule has 2 rings (SSSR count). The SMILES string of the molecule is Cc1cccc(CC(NN)c2ccnnc2)c1. The second-order valence-electron chi connectivity index (χ2n) is 4.09. The summed E-state index contributed by atoms with van der Waals surface area (Å²) in [7, 11) is 0. The average molecular weight is 228 g/mol. The molecule has 2 aromatic rings. The Hall–Kier alpha value is -1.78. The van der Waals surface area contributed by atoms with Gasteiger partial charge in [0.1, 0.15) is 0 Å². The molecule has 4 nitrogen and oxygen atoms in total. The number of aromatic nitrogens is 2. The van der Waals surface area contributed by atoms with Gasteiger partial charge in [0.05, 0.1) is 12.2 Å². The molecule has 0 aliphatic rings. The molecule has 0 spiro atoms. The number of nitrogens with one attached hydrogen (secondary N) is 1. The predicted octanol–water partition coefficient (Wildman–Crippen LogP) is 1.53. The number of hydrogen-bond acceptors (Lipinski definition) is 4. The molecule has 0 fully saturated rings. The lowest BCUT2D eigenvalue weighted by Gasteiger charge is -2.15. The van der Waals surface area contributed by atoms with E-state index in [9.17, 15) is 0 Å². The predicted molar refractivity (Wildman–Crippen MR) is 67.0 cm³/mol. The molecule has 0 aliphatic heterocycles. The van der Waals surface area contributed by atoms with E-state index in [1.165, 1.54) is 11.1 Å². The molecular weight excluding hydrogens is 212 g/mol. The second kappa shape index (κ2) is 5.52. The van der Waals surface area contributed by atoms with Crippen LogP contribution in [0.3, 0.4) is 0 Å². The third-order valence-electron chi connectivity index (χ3n) is 2.73. The van der Waals surface area contributed by atoms with Gasteiger partial charge >= 0.3 is 0 Å². The van der Waals surface area contributed by atoms with Gasteiger partial charge in [-0.1, -0.05) is 29.8 Å². The highest BCUT2D eigenvalue weighted by Crippen LogP contribution is 2.16. The number of benzene rings is 1. The van der Waals surface area contributed by atoms with E-state index >= 15 is 0 Å². The van der Waals surface area contributed by atoms with Crippen LogP contribution in [0.1, 0.15) is 22.7 Å². The summed E-state index contributed by atoms with van der Waals surface area (Å²) in [5.41, 5.74) is 6.37. The maximum absolute atomic E-state index is 5.59. The molecule has 4 heteroatoms. The van der Waals surface area contributed by atoms with Gasteiger partial charge in [0.15, 0.2) is 0 Å². The Morgan fingerprint density at radius 3 is 2.82 bits per heavy atom. The van der Waals surface area contributed by atoms with Crippen molar-refractivity contribution in [3.05, 3.63) is 59.4 Å². The monoisotopic (exact) mass is 228 g/mol. The number of rotatable bonds is 4. The molecule has 0 amide bonds. The fraction of sp³-hybridized carbons (Fsp3) is 0.231. The molecule has 3 N–H and O–H groups in total. The van der Waals surface area contributed by atoms with Crippen LogP contribution >= 0.6 is 0 Å². The summed E-state index contributed by atoms with van der Waals surface area (Å²) in [6.45, 7) is 2.09. The van der Waals surface area contributed by atoms with E-state index in [0.717, 1.165) is 12.0 Å². The molecule has 0 bridgehead atoms. The zero-order valence-electron chi connectivity index (χ0n) is 9.80. The van der Waals surface area contributed by atoms with Crippen LogP contribution in [0.5, 0.6) is 0 Å². The van der Waals surface area contributed by atoms with E-state index in [1.54, 1.807) is 12.4 Å². The minimum Gasteiger partial charge on any atom is -0.271 e. The zero-order valence-corrected chi connectivity index (χ0v) is 9.80. The van der Waals surface area contributed by atoms with Crippen LogP contribution in [0.15, 0.2) is 42.7 Å². The van der Waals surface area contributed by atoms with Crippen molar-refractivity contribution in [2.75, 3.05) is 0 Å². The minimum absolute atomic E-state index is 0.0623. The smallest absolute Gasteiger partial charge is 0.0544 e. The standard InChI is InChI=1S/C13H16N4/c1-10-3-2-4-11(7-10)8-13(17-14)12-5-6-15-16-9-12/h2-7,9,13,17H,8,14H2,1H3. The van der Waals surface area contributed by atoms with E-state index < -0.39 is 0 Å². The summed E-state index contributed by atoms with van der Waals surface area (Å²) >= 11 is 0. The molecule has 17 heavy (non-hydrogen) atoms. The lowest BCUT2D eigenvalue weighted by molar-refractivity contribution is 0.548. The van der Waals surface area contributed by atoms with Crippen LogP contribution in [-0.2, 0) is 6.42 Å². The first-order valence-electron chi connectivity index (χ1n) is 5.58. The Morgan fingerprint density at radius 2 is 2.18 bits per heavy atom. The summed E-state index contributed by atoms with van der Waals surface area (Å²) in [6, 6.07) is 10.4. The highest BCUT2D eigenvalue weighted by atomic mass is 15.2. The maximum Gasteiger partial charge on any atom is 0.0544 e. The molecular formula is C13H16N4.